The standard InChI is InChI=1S/C15H15BrN2O3/c16-10-5-3-4-9(8-10)13-17-14(21-18-13)11-6-1-2-7-12(11)15(19)20/h3-5,8,11-12H,1-2,6-7H2,(H,19,20). The second-order valence-corrected chi connectivity index (χ2v) is 6.22. The molecule has 1 N–H and O–H groups in total. The molecule has 0 spiro atoms. The molecule has 2 atom stereocenters. The highest BCUT2D eigenvalue weighted by Gasteiger charge is 2.35. The lowest BCUT2D eigenvalue weighted by molar-refractivity contribution is -0.143. The molecule has 1 aliphatic rings. The lowest BCUT2D eigenvalue weighted by Crippen LogP contribution is -2.25. The number of hydrogen-bond donors (Lipinski definition) is 1. The van der Waals surface area contributed by atoms with Crippen LogP contribution in [0.1, 0.15) is 37.5 Å². The average Bonchev–Trinajstić information content (AvgIpc) is 2.97. The van der Waals surface area contributed by atoms with Gasteiger partial charge in [0.05, 0.1) is 11.8 Å². The summed E-state index contributed by atoms with van der Waals surface area (Å²) in [6, 6.07) is 7.63. The summed E-state index contributed by atoms with van der Waals surface area (Å²) in [4.78, 5) is 15.8. The van der Waals surface area contributed by atoms with Crippen LogP contribution in [0.15, 0.2) is 33.3 Å². The third kappa shape index (κ3) is 3.00. The molecule has 0 amide bonds. The van der Waals surface area contributed by atoms with Gasteiger partial charge < -0.3 is 9.63 Å². The van der Waals surface area contributed by atoms with Crippen molar-refractivity contribution in [1.29, 1.82) is 0 Å². The van der Waals surface area contributed by atoms with Gasteiger partial charge in [0, 0.05) is 10.0 Å². The van der Waals surface area contributed by atoms with E-state index in [1.54, 1.807) is 0 Å². The van der Waals surface area contributed by atoms with Crippen LogP contribution in [0.3, 0.4) is 0 Å². The molecule has 110 valence electrons. The first kappa shape index (κ1) is 14.3. The Bertz CT molecular complexity index is 656. The van der Waals surface area contributed by atoms with Crippen molar-refractivity contribution in [3.8, 4) is 11.4 Å². The minimum atomic E-state index is -0.776. The van der Waals surface area contributed by atoms with Crippen molar-refractivity contribution in [2.24, 2.45) is 5.92 Å². The fraction of sp³-hybridized carbons (Fsp3) is 0.400. The van der Waals surface area contributed by atoms with E-state index in [1.807, 2.05) is 24.3 Å². The van der Waals surface area contributed by atoms with E-state index in [4.69, 9.17) is 4.52 Å². The van der Waals surface area contributed by atoms with Gasteiger partial charge in [0.25, 0.3) is 0 Å². The number of hydrogen-bond acceptors (Lipinski definition) is 4. The van der Waals surface area contributed by atoms with Gasteiger partial charge in [-0.1, -0.05) is 46.1 Å². The van der Waals surface area contributed by atoms with Crippen LogP contribution in [0.2, 0.25) is 0 Å². The molecule has 1 aliphatic carbocycles. The molecule has 1 saturated carbocycles. The minimum absolute atomic E-state index is 0.176. The van der Waals surface area contributed by atoms with Gasteiger partial charge in [-0.3, -0.25) is 4.79 Å². The van der Waals surface area contributed by atoms with E-state index in [1.165, 1.54) is 0 Å². The van der Waals surface area contributed by atoms with Gasteiger partial charge in [0.2, 0.25) is 11.7 Å². The van der Waals surface area contributed by atoms with E-state index in [2.05, 4.69) is 26.1 Å². The van der Waals surface area contributed by atoms with Crippen molar-refractivity contribution in [2.75, 3.05) is 0 Å². The zero-order valence-electron chi connectivity index (χ0n) is 11.3. The maximum atomic E-state index is 11.4. The maximum Gasteiger partial charge on any atom is 0.307 e. The number of carboxylic acids is 1. The van der Waals surface area contributed by atoms with Gasteiger partial charge in [-0.25, -0.2) is 0 Å². The molecular formula is C15H15BrN2O3. The quantitative estimate of drug-likeness (QED) is 0.909. The summed E-state index contributed by atoms with van der Waals surface area (Å²) in [5, 5.41) is 13.3. The molecule has 21 heavy (non-hydrogen) atoms. The van der Waals surface area contributed by atoms with Gasteiger partial charge in [-0.15, -0.1) is 0 Å². The molecule has 5 nitrogen and oxygen atoms in total. The molecule has 1 aromatic heterocycles. The first-order valence-corrected chi connectivity index (χ1v) is 7.77. The van der Waals surface area contributed by atoms with Gasteiger partial charge in [-0.2, -0.15) is 4.98 Å². The second-order valence-electron chi connectivity index (χ2n) is 5.30. The predicted molar refractivity (Wildman–Crippen MR) is 79.8 cm³/mol. The van der Waals surface area contributed by atoms with Gasteiger partial charge >= 0.3 is 5.97 Å². The van der Waals surface area contributed by atoms with Crippen molar-refractivity contribution in [2.45, 2.75) is 31.6 Å². The number of halogens is 1. The first-order valence-electron chi connectivity index (χ1n) is 6.97. The van der Waals surface area contributed by atoms with Crippen LogP contribution in [0.5, 0.6) is 0 Å². The van der Waals surface area contributed by atoms with Crippen LogP contribution in [-0.4, -0.2) is 21.2 Å². The summed E-state index contributed by atoms with van der Waals surface area (Å²) in [6.45, 7) is 0. The highest BCUT2D eigenvalue weighted by atomic mass is 79.9. The van der Waals surface area contributed by atoms with Gasteiger partial charge in [0.15, 0.2) is 0 Å². The molecule has 0 aliphatic heterocycles. The third-order valence-corrected chi connectivity index (χ3v) is 4.42. The zero-order valence-corrected chi connectivity index (χ0v) is 12.9. The molecule has 6 heteroatoms. The van der Waals surface area contributed by atoms with Crippen molar-refractivity contribution in [3.63, 3.8) is 0 Å². The lowest BCUT2D eigenvalue weighted by Gasteiger charge is -2.25. The molecule has 0 saturated heterocycles. The summed E-state index contributed by atoms with van der Waals surface area (Å²) in [6.07, 6.45) is 3.41. The van der Waals surface area contributed by atoms with Crippen molar-refractivity contribution in [3.05, 3.63) is 34.6 Å². The summed E-state index contributed by atoms with van der Waals surface area (Å²) < 4.78 is 6.28. The molecule has 2 unspecified atom stereocenters. The molecule has 1 fully saturated rings. The highest BCUT2D eigenvalue weighted by Crippen LogP contribution is 2.37. The van der Waals surface area contributed by atoms with Crippen LogP contribution >= 0.6 is 15.9 Å². The highest BCUT2D eigenvalue weighted by molar-refractivity contribution is 9.10. The SMILES string of the molecule is O=C(O)C1CCCCC1c1nc(-c2cccc(Br)c2)no1. The van der Waals surface area contributed by atoms with E-state index in [9.17, 15) is 9.90 Å². The molecule has 1 aromatic carbocycles. The van der Waals surface area contributed by atoms with Crippen molar-refractivity contribution >= 4 is 21.9 Å². The Morgan fingerprint density at radius 3 is 2.90 bits per heavy atom. The number of benzene rings is 1. The number of carboxylic acid groups (broad SMARTS) is 1. The minimum Gasteiger partial charge on any atom is -0.481 e. The van der Waals surface area contributed by atoms with Crippen LogP contribution in [0, 0.1) is 5.92 Å². The fourth-order valence-corrected chi connectivity index (χ4v) is 3.25. The Morgan fingerprint density at radius 2 is 2.14 bits per heavy atom. The van der Waals surface area contributed by atoms with Crippen LogP contribution < -0.4 is 0 Å². The number of carbonyl (C=O) groups is 1. The largest absolute Gasteiger partial charge is 0.481 e. The van der Waals surface area contributed by atoms with Crippen molar-refractivity contribution < 1.29 is 14.4 Å². The number of aromatic nitrogens is 2. The third-order valence-electron chi connectivity index (χ3n) is 3.92. The Hall–Kier alpha value is -1.69. The van der Waals surface area contributed by atoms with E-state index < -0.39 is 11.9 Å². The predicted octanol–water partition coefficient (Wildman–Crippen LogP) is 3.86. The summed E-state index contributed by atoms with van der Waals surface area (Å²) in [5.74, 6) is -0.431. The van der Waals surface area contributed by atoms with E-state index >= 15 is 0 Å². The summed E-state index contributed by atoms with van der Waals surface area (Å²) in [7, 11) is 0. The number of rotatable bonds is 3. The summed E-state index contributed by atoms with van der Waals surface area (Å²) in [5.41, 5.74) is 0.849. The smallest absolute Gasteiger partial charge is 0.307 e. The molecule has 0 radical (unpaired) electrons. The molecular weight excluding hydrogens is 336 g/mol. The van der Waals surface area contributed by atoms with Gasteiger partial charge in [-0.05, 0) is 25.0 Å². The van der Waals surface area contributed by atoms with Gasteiger partial charge in [0.1, 0.15) is 0 Å². The zero-order chi connectivity index (χ0) is 14.8. The van der Waals surface area contributed by atoms with E-state index in [-0.39, 0.29) is 5.92 Å². The maximum absolute atomic E-state index is 11.4. The van der Waals surface area contributed by atoms with E-state index in [0.717, 1.165) is 29.3 Å². The van der Waals surface area contributed by atoms with Crippen molar-refractivity contribution in [1.82, 2.24) is 10.1 Å². The normalized spacial score (nSPS) is 22.1. The Morgan fingerprint density at radius 1 is 1.33 bits per heavy atom. The fourth-order valence-electron chi connectivity index (χ4n) is 2.85. The Balaban J connectivity index is 1.88. The van der Waals surface area contributed by atoms with Crippen LogP contribution in [0.25, 0.3) is 11.4 Å². The lowest BCUT2D eigenvalue weighted by atomic mass is 9.79. The van der Waals surface area contributed by atoms with Crippen LogP contribution in [0.4, 0.5) is 0 Å². The number of nitrogens with zero attached hydrogens (tertiary/aromatic N) is 2. The molecule has 0 bridgehead atoms. The topological polar surface area (TPSA) is 76.2 Å². The second kappa shape index (κ2) is 5.97. The van der Waals surface area contributed by atoms with E-state index in [0.29, 0.717) is 18.1 Å². The Labute approximate surface area is 130 Å². The van der Waals surface area contributed by atoms with Crippen LogP contribution in [-0.2, 0) is 4.79 Å². The number of aliphatic carboxylic acids is 1. The summed E-state index contributed by atoms with van der Waals surface area (Å²) >= 11 is 3.41. The molecule has 3 rings (SSSR count). The molecule has 1 heterocycles. The monoisotopic (exact) mass is 350 g/mol. The first-order chi connectivity index (χ1) is 10.1. The molecule has 2 aromatic rings. The average molecular weight is 351 g/mol. The Kier molecular flexibility index (Phi) is 4.05.